The number of nitrogens with zero attached hydrogens (tertiary/aromatic N) is 2. The summed E-state index contributed by atoms with van der Waals surface area (Å²) in [6.07, 6.45) is 4.63. The molecule has 0 bridgehead atoms. The Kier molecular flexibility index (Phi) is 4.48. The lowest BCUT2D eigenvalue weighted by Crippen LogP contribution is -2.60. The topological polar surface area (TPSA) is 75.6 Å². The number of fused-ring (bicyclic) bond motifs is 1. The minimum atomic E-state index is -0.885. The fourth-order valence-electron chi connectivity index (χ4n) is 3.22. The molecule has 3 unspecified atom stereocenters. The second kappa shape index (κ2) is 5.77. The van der Waals surface area contributed by atoms with Crippen LogP contribution in [-0.2, 0) is 4.79 Å². The van der Waals surface area contributed by atoms with E-state index in [1.54, 1.807) is 6.92 Å². The zero-order valence-corrected chi connectivity index (χ0v) is 12.3. The van der Waals surface area contributed by atoms with Crippen LogP contribution in [0.15, 0.2) is 0 Å². The average Bonchev–Trinajstić information content (AvgIpc) is 2.36. The van der Waals surface area contributed by atoms with E-state index < -0.39 is 11.4 Å². The number of hydrogen-bond acceptors (Lipinski definition) is 4. The van der Waals surface area contributed by atoms with Crippen molar-refractivity contribution in [3.05, 3.63) is 0 Å². The summed E-state index contributed by atoms with van der Waals surface area (Å²) < 4.78 is 0. The minimum absolute atomic E-state index is 0.406. The maximum atomic E-state index is 11.3. The van der Waals surface area contributed by atoms with E-state index in [0.29, 0.717) is 18.5 Å². The van der Waals surface area contributed by atoms with E-state index in [-0.39, 0.29) is 0 Å². The molecule has 0 spiro atoms. The lowest BCUT2D eigenvalue weighted by molar-refractivity contribution is -0.123. The van der Waals surface area contributed by atoms with Crippen molar-refractivity contribution in [2.75, 3.05) is 26.2 Å². The lowest BCUT2D eigenvalue weighted by Gasteiger charge is -2.48. The number of rotatable bonds is 4. The molecule has 0 aromatic heterocycles. The van der Waals surface area contributed by atoms with E-state index in [2.05, 4.69) is 16.7 Å². The summed E-state index contributed by atoms with van der Waals surface area (Å²) in [6.45, 7) is 8.36. The molecule has 0 aromatic carbocycles. The molecule has 0 aliphatic carbocycles. The normalized spacial score (nSPS) is 32.6. The fourth-order valence-corrected chi connectivity index (χ4v) is 3.22. The van der Waals surface area contributed by atoms with Crippen LogP contribution in [0.5, 0.6) is 0 Å². The number of nitrogens with two attached hydrogens (primary N) is 2. The van der Waals surface area contributed by atoms with Gasteiger partial charge in [-0.25, -0.2) is 0 Å². The van der Waals surface area contributed by atoms with Gasteiger partial charge in [-0.05, 0) is 39.7 Å². The Balaban J connectivity index is 1.88. The van der Waals surface area contributed by atoms with Crippen LogP contribution in [0.25, 0.3) is 0 Å². The summed E-state index contributed by atoms with van der Waals surface area (Å²) in [4.78, 5) is 16.4. The largest absolute Gasteiger partial charge is 0.368 e. The van der Waals surface area contributed by atoms with Gasteiger partial charge in [0.2, 0.25) is 5.91 Å². The van der Waals surface area contributed by atoms with E-state index in [1.807, 2.05) is 0 Å². The Bertz CT molecular complexity index is 331. The Morgan fingerprint density at radius 2 is 2.11 bits per heavy atom. The van der Waals surface area contributed by atoms with Crippen LogP contribution >= 0.6 is 0 Å². The minimum Gasteiger partial charge on any atom is -0.368 e. The van der Waals surface area contributed by atoms with Crippen molar-refractivity contribution in [2.45, 2.75) is 57.2 Å². The molecule has 0 saturated carbocycles. The van der Waals surface area contributed by atoms with Gasteiger partial charge < -0.3 is 11.5 Å². The second-order valence-electron chi connectivity index (χ2n) is 6.52. The molecule has 2 saturated heterocycles. The zero-order chi connectivity index (χ0) is 14.0. The van der Waals surface area contributed by atoms with Crippen molar-refractivity contribution in [3.63, 3.8) is 0 Å². The number of piperidine rings is 1. The van der Waals surface area contributed by atoms with Crippen molar-refractivity contribution in [3.8, 4) is 0 Å². The third-order valence-corrected chi connectivity index (χ3v) is 4.80. The molecule has 5 heteroatoms. The maximum Gasteiger partial charge on any atom is 0.237 e. The average molecular weight is 268 g/mol. The van der Waals surface area contributed by atoms with Gasteiger partial charge >= 0.3 is 0 Å². The molecule has 19 heavy (non-hydrogen) atoms. The monoisotopic (exact) mass is 268 g/mol. The summed E-state index contributed by atoms with van der Waals surface area (Å²) in [5, 5.41) is 0. The Morgan fingerprint density at radius 1 is 1.37 bits per heavy atom. The van der Waals surface area contributed by atoms with Crippen molar-refractivity contribution < 1.29 is 4.79 Å². The zero-order valence-electron chi connectivity index (χ0n) is 12.3. The molecule has 2 fully saturated rings. The summed E-state index contributed by atoms with van der Waals surface area (Å²) in [5.74, 6) is -0.406. The van der Waals surface area contributed by atoms with E-state index in [4.69, 9.17) is 11.5 Å². The van der Waals surface area contributed by atoms with Gasteiger partial charge in [0.15, 0.2) is 0 Å². The molecule has 2 rings (SSSR count). The van der Waals surface area contributed by atoms with Gasteiger partial charge in [-0.2, -0.15) is 0 Å². The van der Waals surface area contributed by atoms with Crippen LogP contribution in [0.2, 0.25) is 0 Å². The van der Waals surface area contributed by atoms with Crippen LogP contribution in [0.1, 0.15) is 39.5 Å². The summed E-state index contributed by atoms with van der Waals surface area (Å²) in [7, 11) is 0. The van der Waals surface area contributed by atoms with Crippen molar-refractivity contribution in [2.24, 2.45) is 11.5 Å². The molecule has 2 aliphatic heterocycles. The first-order valence-electron chi connectivity index (χ1n) is 7.47. The first-order chi connectivity index (χ1) is 8.90. The van der Waals surface area contributed by atoms with Crippen LogP contribution in [0, 0.1) is 0 Å². The number of piperazine rings is 1. The maximum absolute atomic E-state index is 11.3. The molecule has 1 amide bonds. The molecule has 110 valence electrons. The van der Waals surface area contributed by atoms with Gasteiger partial charge in [0.1, 0.15) is 0 Å². The Labute approximate surface area is 116 Å². The van der Waals surface area contributed by atoms with Crippen LogP contribution in [0.3, 0.4) is 0 Å². The van der Waals surface area contributed by atoms with E-state index in [9.17, 15) is 4.79 Å². The molecule has 4 N–H and O–H groups in total. The first kappa shape index (κ1) is 14.8. The molecule has 5 nitrogen and oxygen atoms in total. The summed E-state index contributed by atoms with van der Waals surface area (Å²) >= 11 is 0. The van der Waals surface area contributed by atoms with Crippen LogP contribution in [-0.4, -0.2) is 59.5 Å². The fraction of sp³-hybridized carbons (Fsp3) is 0.929. The lowest BCUT2D eigenvalue weighted by atomic mass is 9.94. The van der Waals surface area contributed by atoms with Crippen LogP contribution in [0.4, 0.5) is 0 Å². The van der Waals surface area contributed by atoms with Gasteiger partial charge in [-0.1, -0.05) is 6.42 Å². The smallest absolute Gasteiger partial charge is 0.237 e. The first-order valence-corrected chi connectivity index (χ1v) is 7.47. The number of carbonyl (C=O) groups excluding carboxylic acids is 1. The van der Waals surface area contributed by atoms with E-state index in [0.717, 1.165) is 19.6 Å². The standard InChI is InChI=1S/C14H28N4O/c1-11-9-18-7-4-3-5-12(18)10-17(11)8-6-14(2,16)13(15)19/h11-12H,3-10,16H2,1-2H3,(H2,15,19). The predicted molar refractivity (Wildman–Crippen MR) is 76.7 cm³/mol. The van der Waals surface area contributed by atoms with Gasteiger partial charge in [0, 0.05) is 31.7 Å². The third kappa shape index (κ3) is 3.46. The molecule has 2 aliphatic rings. The summed E-state index contributed by atoms with van der Waals surface area (Å²) in [6, 6.07) is 1.24. The molecule has 2 heterocycles. The number of amides is 1. The Morgan fingerprint density at radius 3 is 2.79 bits per heavy atom. The van der Waals surface area contributed by atoms with Gasteiger partial charge in [-0.3, -0.25) is 14.6 Å². The second-order valence-corrected chi connectivity index (χ2v) is 6.52. The third-order valence-electron chi connectivity index (χ3n) is 4.80. The van der Waals surface area contributed by atoms with Gasteiger partial charge in [0.25, 0.3) is 0 Å². The van der Waals surface area contributed by atoms with Crippen molar-refractivity contribution in [1.29, 1.82) is 0 Å². The van der Waals surface area contributed by atoms with Crippen LogP contribution < -0.4 is 11.5 Å². The molecular weight excluding hydrogens is 240 g/mol. The quantitative estimate of drug-likeness (QED) is 0.760. The van der Waals surface area contributed by atoms with Gasteiger partial charge in [0.05, 0.1) is 5.54 Å². The predicted octanol–water partition coefficient (Wildman–Crippen LogP) is 0.138. The molecular formula is C14H28N4O. The highest BCUT2D eigenvalue weighted by Gasteiger charge is 2.34. The Hall–Kier alpha value is -0.650. The number of primary amides is 1. The highest BCUT2D eigenvalue weighted by atomic mass is 16.1. The highest BCUT2D eigenvalue weighted by Crippen LogP contribution is 2.24. The number of carbonyl (C=O) groups is 1. The highest BCUT2D eigenvalue weighted by molar-refractivity contribution is 5.83. The molecule has 0 radical (unpaired) electrons. The van der Waals surface area contributed by atoms with E-state index in [1.165, 1.54) is 25.8 Å². The summed E-state index contributed by atoms with van der Waals surface area (Å²) in [5.41, 5.74) is 10.4. The molecule has 3 atom stereocenters. The van der Waals surface area contributed by atoms with Crippen molar-refractivity contribution >= 4 is 5.91 Å². The SMILES string of the molecule is CC1CN2CCCCC2CN1CCC(C)(N)C(N)=O. The van der Waals surface area contributed by atoms with Gasteiger partial charge in [-0.15, -0.1) is 0 Å². The number of hydrogen-bond donors (Lipinski definition) is 2. The molecule has 0 aromatic rings. The van der Waals surface area contributed by atoms with E-state index >= 15 is 0 Å². The van der Waals surface area contributed by atoms with Crippen molar-refractivity contribution in [1.82, 2.24) is 9.80 Å².